The van der Waals surface area contributed by atoms with Gasteiger partial charge in [-0.25, -0.2) is 0 Å². The van der Waals surface area contributed by atoms with E-state index in [0.717, 1.165) is 62.3 Å². The number of ether oxygens (including phenoxy) is 2. The number of unbranched alkanes of at least 4 members (excludes halogenated alkanes) is 1. The van der Waals surface area contributed by atoms with Crippen LogP contribution >= 0.6 is 0 Å². The average Bonchev–Trinajstić information content (AvgIpc) is 3.34. The largest absolute Gasteiger partial charge is 0.493 e. The van der Waals surface area contributed by atoms with Crippen LogP contribution in [0.5, 0.6) is 11.5 Å². The number of nitrogens with one attached hydrogen (secondary N) is 2. The van der Waals surface area contributed by atoms with Crippen molar-refractivity contribution in [1.29, 1.82) is 0 Å². The average molecular weight is 346 g/mol. The summed E-state index contributed by atoms with van der Waals surface area (Å²) in [6, 6.07) is 5.88. The number of rotatable bonds is 8. The number of hydrogen-bond donors (Lipinski definition) is 2. The minimum Gasteiger partial charge on any atom is -0.493 e. The lowest BCUT2D eigenvalue weighted by atomic mass is 9.92. The molecule has 2 aliphatic rings. The molecule has 1 aliphatic carbocycles. The van der Waals surface area contributed by atoms with Gasteiger partial charge in [-0.1, -0.05) is 19.4 Å². The van der Waals surface area contributed by atoms with Gasteiger partial charge in [0, 0.05) is 12.5 Å². The number of piperidine rings is 1. The van der Waals surface area contributed by atoms with E-state index in [1.165, 1.54) is 0 Å². The minimum absolute atomic E-state index is 0.198. The summed E-state index contributed by atoms with van der Waals surface area (Å²) in [4.78, 5) is 12.5. The van der Waals surface area contributed by atoms with E-state index >= 15 is 0 Å². The Morgan fingerprint density at radius 3 is 2.84 bits per heavy atom. The highest BCUT2D eigenvalue weighted by atomic mass is 16.5. The van der Waals surface area contributed by atoms with E-state index in [-0.39, 0.29) is 17.2 Å². The van der Waals surface area contributed by atoms with Crippen molar-refractivity contribution >= 4 is 5.91 Å². The van der Waals surface area contributed by atoms with E-state index in [4.69, 9.17) is 9.47 Å². The lowest BCUT2D eigenvalue weighted by Gasteiger charge is -2.23. The van der Waals surface area contributed by atoms with E-state index in [0.29, 0.717) is 13.2 Å². The predicted molar refractivity (Wildman–Crippen MR) is 97.9 cm³/mol. The first kappa shape index (κ1) is 18.1. The molecule has 2 N–H and O–H groups in total. The van der Waals surface area contributed by atoms with Crippen molar-refractivity contribution in [3.8, 4) is 11.5 Å². The maximum atomic E-state index is 12.5. The van der Waals surface area contributed by atoms with Crippen molar-refractivity contribution in [2.24, 2.45) is 11.3 Å². The molecule has 1 amide bonds. The van der Waals surface area contributed by atoms with E-state index in [1.807, 2.05) is 18.2 Å². The van der Waals surface area contributed by atoms with Gasteiger partial charge in [-0.05, 0) is 61.9 Å². The third kappa shape index (κ3) is 4.27. The molecule has 1 aromatic rings. The van der Waals surface area contributed by atoms with Gasteiger partial charge in [-0.2, -0.15) is 0 Å². The second kappa shape index (κ2) is 8.09. The SMILES string of the molecule is CCCCOc1ccc(CNC(=O)C2CC23CCNCC3)cc1OC. The molecule has 1 saturated carbocycles. The van der Waals surface area contributed by atoms with Crippen LogP contribution in [0.4, 0.5) is 0 Å². The van der Waals surface area contributed by atoms with E-state index < -0.39 is 0 Å². The summed E-state index contributed by atoms with van der Waals surface area (Å²) in [5, 5.41) is 6.48. The number of benzene rings is 1. The summed E-state index contributed by atoms with van der Waals surface area (Å²) >= 11 is 0. The Kier molecular flexibility index (Phi) is 5.84. The normalized spacial score (nSPS) is 21.0. The monoisotopic (exact) mass is 346 g/mol. The Labute approximate surface area is 150 Å². The number of carbonyl (C=O) groups is 1. The van der Waals surface area contributed by atoms with Gasteiger partial charge in [0.25, 0.3) is 0 Å². The summed E-state index contributed by atoms with van der Waals surface area (Å²) in [5.74, 6) is 1.89. The van der Waals surface area contributed by atoms with Gasteiger partial charge in [-0.15, -0.1) is 0 Å². The molecule has 5 heteroatoms. The fourth-order valence-corrected chi connectivity index (χ4v) is 3.78. The van der Waals surface area contributed by atoms with Crippen LogP contribution in [-0.2, 0) is 11.3 Å². The van der Waals surface area contributed by atoms with Gasteiger partial charge in [0.05, 0.1) is 13.7 Å². The lowest BCUT2D eigenvalue weighted by Crippen LogP contribution is -2.33. The molecule has 0 radical (unpaired) electrons. The third-order valence-electron chi connectivity index (χ3n) is 5.56. The van der Waals surface area contributed by atoms with Gasteiger partial charge in [0.2, 0.25) is 5.91 Å². The first-order valence-electron chi connectivity index (χ1n) is 9.46. The molecule has 3 rings (SSSR count). The molecular formula is C20H30N2O3. The van der Waals surface area contributed by atoms with Crippen molar-refractivity contribution in [3.63, 3.8) is 0 Å². The maximum absolute atomic E-state index is 12.5. The zero-order chi connectivity index (χ0) is 17.7. The van der Waals surface area contributed by atoms with Crippen LogP contribution in [-0.4, -0.2) is 32.7 Å². The zero-order valence-corrected chi connectivity index (χ0v) is 15.4. The molecule has 138 valence electrons. The Hall–Kier alpha value is -1.75. The molecule has 1 aromatic carbocycles. The highest BCUT2D eigenvalue weighted by Crippen LogP contribution is 2.58. The second-order valence-electron chi connectivity index (χ2n) is 7.27. The van der Waals surface area contributed by atoms with Crippen molar-refractivity contribution < 1.29 is 14.3 Å². The molecule has 1 atom stereocenters. The molecule has 2 fully saturated rings. The quantitative estimate of drug-likeness (QED) is 0.711. The standard InChI is InChI=1S/C20H30N2O3/c1-3-4-11-25-17-6-5-15(12-18(17)24-2)14-22-19(23)16-13-20(16)7-9-21-10-8-20/h5-6,12,16,21H,3-4,7-11,13-14H2,1-2H3,(H,22,23). The number of amides is 1. The first-order valence-corrected chi connectivity index (χ1v) is 9.46. The van der Waals surface area contributed by atoms with Crippen LogP contribution in [0.25, 0.3) is 0 Å². The Bertz CT molecular complexity index is 597. The van der Waals surface area contributed by atoms with Crippen LogP contribution in [0.1, 0.15) is 44.6 Å². The number of methoxy groups -OCH3 is 1. The zero-order valence-electron chi connectivity index (χ0n) is 15.4. The van der Waals surface area contributed by atoms with Crippen LogP contribution in [0.2, 0.25) is 0 Å². The van der Waals surface area contributed by atoms with Gasteiger partial charge >= 0.3 is 0 Å². The summed E-state index contributed by atoms with van der Waals surface area (Å²) in [7, 11) is 1.65. The molecule has 25 heavy (non-hydrogen) atoms. The molecule has 0 bridgehead atoms. The molecule has 0 aromatic heterocycles. The lowest BCUT2D eigenvalue weighted by molar-refractivity contribution is -0.123. The molecule has 1 saturated heterocycles. The molecule has 5 nitrogen and oxygen atoms in total. The molecule has 1 unspecified atom stereocenters. The predicted octanol–water partition coefficient (Wildman–Crippen LogP) is 2.88. The van der Waals surface area contributed by atoms with Crippen molar-refractivity contribution in [1.82, 2.24) is 10.6 Å². The van der Waals surface area contributed by atoms with Crippen LogP contribution in [0, 0.1) is 11.3 Å². The fourth-order valence-electron chi connectivity index (χ4n) is 3.78. The topological polar surface area (TPSA) is 59.6 Å². The minimum atomic E-state index is 0.198. The highest BCUT2D eigenvalue weighted by Gasteiger charge is 2.57. The van der Waals surface area contributed by atoms with Crippen molar-refractivity contribution in [3.05, 3.63) is 23.8 Å². The Balaban J connectivity index is 1.52. The summed E-state index contributed by atoms with van der Waals surface area (Å²) in [6.07, 6.45) is 5.43. The van der Waals surface area contributed by atoms with Crippen molar-refractivity contribution in [2.45, 2.75) is 45.6 Å². The van der Waals surface area contributed by atoms with Crippen LogP contribution in [0.15, 0.2) is 18.2 Å². The highest BCUT2D eigenvalue weighted by molar-refractivity contribution is 5.82. The van der Waals surface area contributed by atoms with E-state index in [9.17, 15) is 4.79 Å². The summed E-state index contributed by atoms with van der Waals surface area (Å²) < 4.78 is 11.2. The summed E-state index contributed by atoms with van der Waals surface area (Å²) in [6.45, 7) is 5.46. The summed E-state index contributed by atoms with van der Waals surface area (Å²) in [5.41, 5.74) is 1.32. The van der Waals surface area contributed by atoms with E-state index in [1.54, 1.807) is 7.11 Å². The molecule has 1 heterocycles. The number of hydrogen-bond acceptors (Lipinski definition) is 4. The van der Waals surface area contributed by atoms with Crippen LogP contribution < -0.4 is 20.1 Å². The van der Waals surface area contributed by atoms with Gasteiger partial charge < -0.3 is 20.1 Å². The van der Waals surface area contributed by atoms with Gasteiger partial charge in [-0.3, -0.25) is 4.79 Å². The Morgan fingerprint density at radius 2 is 2.12 bits per heavy atom. The Morgan fingerprint density at radius 1 is 1.32 bits per heavy atom. The third-order valence-corrected chi connectivity index (χ3v) is 5.56. The number of carbonyl (C=O) groups excluding carboxylic acids is 1. The van der Waals surface area contributed by atoms with Crippen molar-refractivity contribution in [2.75, 3.05) is 26.8 Å². The van der Waals surface area contributed by atoms with Crippen LogP contribution in [0.3, 0.4) is 0 Å². The smallest absolute Gasteiger partial charge is 0.223 e. The first-order chi connectivity index (χ1) is 12.2. The van der Waals surface area contributed by atoms with E-state index in [2.05, 4.69) is 17.6 Å². The molecular weight excluding hydrogens is 316 g/mol. The van der Waals surface area contributed by atoms with Gasteiger partial charge in [0.1, 0.15) is 0 Å². The van der Waals surface area contributed by atoms with Gasteiger partial charge in [0.15, 0.2) is 11.5 Å². The second-order valence-corrected chi connectivity index (χ2v) is 7.27. The fraction of sp³-hybridized carbons (Fsp3) is 0.650. The molecule has 1 spiro atoms. The maximum Gasteiger partial charge on any atom is 0.223 e. The molecule has 1 aliphatic heterocycles.